The molecule has 21 heavy (non-hydrogen) atoms. The third kappa shape index (κ3) is 2.71. The summed E-state index contributed by atoms with van der Waals surface area (Å²) in [6, 6.07) is 18.2. The van der Waals surface area contributed by atoms with Crippen molar-refractivity contribution in [2.75, 3.05) is 7.11 Å². The van der Waals surface area contributed by atoms with Gasteiger partial charge in [0.25, 0.3) is 0 Å². The zero-order valence-corrected chi connectivity index (χ0v) is 12.0. The number of methoxy groups -OCH3 is 1. The van der Waals surface area contributed by atoms with Crippen LogP contribution in [0.3, 0.4) is 0 Å². The molecule has 0 amide bonds. The smallest absolute Gasteiger partial charge is 0.161 e. The molecule has 1 saturated carbocycles. The van der Waals surface area contributed by atoms with Crippen LogP contribution < -0.4 is 9.47 Å². The van der Waals surface area contributed by atoms with E-state index in [1.54, 1.807) is 7.11 Å². The molecule has 1 aliphatic rings. The standard InChI is InChI=1S/C18H17NO2/c1-20-17-11-15(18(13-19)9-10-18)7-8-16(17)21-12-14-5-3-2-4-6-14/h2-8,11H,9-10,12H2,1H3. The lowest BCUT2D eigenvalue weighted by Crippen LogP contribution is -2.04. The Morgan fingerprint density at radius 3 is 2.48 bits per heavy atom. The lowest BCUT2D eigenvalue weighted by Gasteiger charge is -2.14. The number of nitrogens with zero attached hydrogens (tertiary/aromatic N) is 1. The summed E-state index contributed by atoms with van der Waals surface area (Å²) in [6.07, 6.45) is 1.85. The molecule has 2 aromatic carbocycles. The van der Waals surface area contributed by atoms with Gasteiger partial charge in [0, 0.05) is 0 Å². The molecule has 0 radical (unpaired) electrons. The van der Waals surface area contributed by atoms with Gasteiger partial charge in [-0.3, -0.25) is 0 Å². The number of hydrogen-bond donors (Lipinski definition) is 0. The summed E-state index contributed by atoms with van der Waals surface area (Å²) in [5.41, 5.74) is 1.83. The summed E-state index contributed by atoms with van der Waals surface area (Å²) in [6.45, 7) is 0.500. The molecule has 0 atom stereocenters. The average molecular weight is 279 g/mol. The highest BCUT2D eigenvalue weighted by Gasteiger charge is 2.45. The van der Waals surface area contributed by atoms with Gasteiger partial charge in [0.15, 0.2) is 11.5 Å². The molecular formula is C18H17NO2. The topological polar surface area (TPSA) is 42.2 Å². The number of rotatable bonds is 5. The molecule has 0 saturated heterocycles. The van der Waals surface area contributed by atoms with E-state index >= 15 is 0 Å². The van der Waals surface area contributed by atoms with Crippen molar-refractivity contribution in [3.8, 4) is 17.6 Å². The zero-order chi connectivity index (χ0) is 14.7. The maximum absolute atomic E-state index is 9.27. The molecule has 1 aliphatic carbocycles. The summed E-state index contributed by atoms with van der Waals surface area (Å²) in [4.78, 5) is 0. The van der Waals surface area contributed by atoms with Crippen LogP contribution in [-0.2, 0) is 12.0 Å². The minimum absolute atomic E-state index is 0.300. The van der Waals surface area contributed by atoms with Crippen LogP contribution in [0.2, 0.25) is 0 Å². The average Bonchev–Trinajstić information content (AvgIpc) is 3.35. The predicted octanol–water partition coefficient (Wildman–Crippen LogP) is 3.83. The molecule has 0 aromatic heterocycles. The second-order valence-corrected chi connectivity index (χ2v) is 5.33. The fraction of sp³-hybridized carbons (Fsp3) is 0.278. The van der Waals surface area contributed by atoms with Gasteiger partial charge in [-0.15, -0.1) is 0 Å². The Bertz CT molecular complexity index is 669. The lowest BCUT2D eigenvalue weighted by atomic mass is 9.97. The fourth-order valence-electron chi connectivity index (χ4n) is 2.41. The Labute approximate surface area is 124 Å². The van der Waals surface area contributed by atoms with Crippen LogP contribution in [0, 0.1) is 11.3 Å². The number of ether oxygens (including phenoxy) is 2. The molecule has 2 aromatic rings. The van der Waals surface area contributed by atoms with Gasteiger partial charge in [-0.2, -0.15) is 5.26 Å². The van der Waals surface area contributed by atoms with Gasteiger partial charge in [-0.05, 0) is 36.1 Å². The minimum Gasteiger partial charge on any atom is -0.493 e. The van der Waals surface area contributed by atoms with Gasteiger partial charge in [0.05, 0.1) is 18.6 Å². The quantitative estimate of drug-likeness (QED) is 0.835. The molecule has 0 heterocycles. The third-order valence-corrected chi connectivity index (χ3v) is 3.92. The van der Waals surface area contributed by atoms with Crippen molar-refractivity contribution in [2.45, 2.75) is 24.9 Å². The first-order valence-corrected chi connectivity index (χ1v) is 7.04. The number of benzene rings is 2. The van der Waals surface area contributed by atoms with Gasteiger partial charge in [0.2, 0.25) is 0 Å². The van der Waals surface area contributed by atoms with Gasteiger partial charge >= 0.3 is 0 Å². The number of hydrogen-bond acceptors (Lipinski definition) is 3. The highest BCUT2D eigenvalue weighted by molar-refractivity contribution is 5.49. The summed E-state index contributed by atoms with van der Waals surface area (Å²) in [7, 11) is 1.63. The zero-order valence-electron chi connectivity index (χ0n) is 12.0. The summed E-state index contributed by atoms with van der Waals surface area (Å²) in [5.74, 6) is 1.39. The van der Waals surface area contributed by atoms with Crippen molar-refractivity contribution in [2.24, 2.45) is 0 Å². The van der Waals surface area contributed by atoms with E-state index in [4.69, 9.17) is 9.47 Å². The highest BCUT2D eigenvalue weighted by Crippen LogP contribution is 2.49. The third-order valence-electron chi connectivity index (χ3n) is 3.92. The molecule has 1 fully saturated rings. The fourth-order valence-corrected chi connectivity index (χ4v) is 2.41. The van der Waals surface area contributed by atoms with E-state index < -0.39 is 0 Å². The van der Waals surface area contributed by atoms with Crippen molar-refractivity contribution < 1.29 is 9.47 Å². The number of nitriles is 1. The second-order valence-electron chi connectivity index (χ2n) is 5.33. The summed E-state index contributed by atoms with van der Waals surface area (Å²) in [5, 5.41) is 9.27. The molecule has 0 spiro atoms. The summed E-state index contributed by atoms with van der Waals surface area (Å²) < 4.78 is 11.2. The van der Waals surface area contributed by atoms with Crippen molar-refractivity contribution in [3.05, 3.63) is 59.7 Å². The molecule has 3 rings (SSSR count). The predicted molar refractivity (Wildman–Crippen MR) is 80.3 cm³/mol. The van der Waals surface area contributed by atoms with Gasteiger partial charge in [-0.1, -0.05) is 36.4 Å². The van der Waals surface area contributed by atoms with Gasteiger partial charge in [-0.25, -0.2) is 0 Å². The van der Waals surface area contributed by atoms with Crippen molar-refractivity contribution in [1.29, 1.82) is 5.26 Å². The van der Waals surface area contributed by atoms with Crippen LogP contribution in [0.25, 0.3) is 0 Å². The van der Waals surface area contributed by atoms with Crippen molar-refractivity contribution in [1.82, 2.24) is 0 Å². The Morgan fingerprint density at radius 2 is 1.86 bits per heavy atom. The normalized spacial score (nSPS) is 15.0. The van der Waals surface area contributed by atoms with E-state index in [0.717, 1.165) is 24.0 Å². The van der Waals surface area contributed by atoms with E-state index in [-0.39, 0.29) is 5.41 Å². The van der Waals surface area contributed by atoms with Crippen molar-refractivity contribution >= 4 is 0 Å². The SMILES string of the molecule is COc1cc(C2(C#N)CC2)ccc1OCc1ccccc1. The molecule has 0 unspecified atom stereocenters. The van der Waals surface area contributed by atoms with Crippen LogP contribution in [-0.4, -0.2) is 7.11 Å². The van der Waals surface area contributed by atoms with Crippen LogP contribution >= 0.6 is 0 Å². The van der Waals surface area contributed by atoms with Crippen molar-refractivity contribution in [3.63, 3.8) is 0 Å². The Morgan fingerprint density at radius 1 is 1.10 bits per heavy atom. The van der Waals surface area contributed by atoms with Crippen LogP contribution in [0.5, 0.6) is 11.5 Å². The molecule has 3 heteroatoms. The first-order chi connectivity index (χ1) is 10.3. The first-order valence-electron chi connectivity index (χ1n) is 7.04. The maximum atomic E-state index is 9.27. The van der Waals surface area contributed by atoms with Gasteiger partial charge < -0.3 is 9.47 Å². The highest BCUT2D eigenvalue weighted by atomic mass is 16.5. The first kappa shape index (κ1) is 13.5. The maximum Gasteiger partial charge on any atom is 0.161 e. The molecule has 106 valence electrons. The van der Waals surface area contributed by atoms with Crippen LogP contribution in [0.15, 0.2) is 48.5 Å². The molecule has 0 aliphatic heterocycles. The molecule has 0 bridgehead atoms. The Kier molecular flexibility index (Phi) is 3.53. The van der Waals surface area contributed by atoms with E-state index in [2.05, 4.69) is 6.07 Å². The largest absolute Gasteiger partial charge is 0.493 e. The Balaban J connectivity index is 1.78. The lowest BCUT2D eigenvalue weighted by molar-refractivity contribution is 0.284. The molecular weight excluding hydrogens is 262 g/mol. The van der Waals surface area contributed by atoms with E-state index in [9.17, 15) is 5.26 Å². The van der Waals surface area contributed by atoms with Crippen LogP contribution in [0.4, 0.5) is 0 Å². The summed E-state index contributed by atoms with van der Waals surface area (Å²) >= 11 is 0. The second kappa shape index (κ2) is 5.49. The monoisotopic (exact) mass is 279 g/mol. The van der Waals surface area contributed by atoms with Gasteiger partial charge in [0.1, 0.15) is 6.61 Å². The minimum atomic E-state index is -0.300. The van der Waals surface area contributed by atoms with E-state index in [1.807, 2.05) is 48.5 Å². The van der Waals surface area contributed by atoms with Crippen LogP contribution in [0.1, 0.15) is 24.0 Å². The molecule has 0 N–H and O–H groups in total. The van der Waals surface area contributed by atoms with E-state index in [1.165, 1.54) is 0 Å². The Hall–Kier alpha value is -2.47. The molecule has 3 nitrogen and oxygen atoms in total. The van der Waals surface area contributed by atoms with E-state index in [0.29, 0.717) is 18.1 Å².